The third kappa shape index (κ3) is 2.72. The first-order valence-corrected chi connectivity index (χ1v) is 8.93. The van der Waals surface area contributed by atoms with Crippen LogP contribution in [0.5, 0.6) is 0 Å². The lowest BCUT2D eigenvalue weighted by atomic mass is 9.97. The number of hydrogen-bond acceptors (Lipinski definition) is 1. The van der Waals surface area contributed by atoms with E-state index in [9.17, 15) is 0 Å². The highest BCUT2D eigenvalue weighted by Crippen LogP contribution is 2.26. The Kier molecular flexibility index (Phi) is 2.70. The zero-order valence-electron chi connectivity index (χ0n) is 9.71. The molecule has 2 heteroatoms. The largest absolute Gasteiger partial charge is 0.547 e. The number of rotatable bonds is 2. The van der Waals surface area contributed by atoms with Crippen LogP contribution in [0.4, 0.5) is 0 Å². The van der Waals surface area contributed by atoms with E-state index in [-0.39, 0.29) is 0 Å². The van der Waals surface area contributed by atoms with Crippen LogP contribution in [-0.2, 0) is 10.8 Å². The summed E-state index contributed by atoms with van der Waals surface area (Å²) in [6.45, 7) is 6.69. The summed E-state index contributed by atoms with van der Waals surface area (Å²) in [6, 6.07) is 8.57. The Labute approximate surface area is 92.9 Å². The van der Waals surface area contributed by atoms with Gasteiger partial charge < -0.3 is 4.43 Å². The number of allylic oxidation sites excluding steroid dienone is 1. The zero-order valence-corrected chi connectivity index (χ0v) is 10.7. The molecule has 0 unspecified atom stereocenters. The predicted molar refractivity (Wildman–Crippen MR) is 67.2 cm³/mol. The molecule has 0 atom stereocenters. The van der Waals surface area contributed by atoms with Gasteiger partial charge in [-0.3, -0.25) is 0 Å². The summed E-state index contributed by atoms with van der Waals surface area (Å²) in [5, 5.41) is 0. The molecule has 0 bridgehead atoms. The van der Waals surface area contributed by atoms with Gasteiger partial charge in [0.05, 0.1) is 5.76 Å². The van der Waals surface area contributed by atoms with Crippen LogP contribution in [0.25, 0.3) is 6.08 Å². The van der Waals surface area contributed by atoms with Crippen molar-refractivity contribution in [3.8, 4) is 0 Å². The molecule has 1 nitrogen and oxygen atoms in total. The first-order chi connectivity index (χ1) is 7.04. The van der Waals surface area contributed by atoms with Gasteiger partial charge in [0, 0.05) is 6.42 Å². The van der Waals surface area contributed by atoms with E-state index in [1.165, 1.54) is 16.9 Å². The Hall–Kier alpha value is -1.02. The summed E-state index contributed by atoms with van der Waals surface area (Å²) >= 11 is 0. The van der Waals surface area contributed by atoms with Crippen molar-refractivity contribution in [2.75, 3.05) is 0 Å². The molecule has 80 valence electrons. The first-order valence-electron chi connectivity index (χ1n) is 5.52. The molecular formula is C13H18OSi. The molecular weight excluding hydrogens is 200 g/mol. The summed E-state index contributed by atoms with van der Waals surface area (Å²) in [4.78, 5) is 0. The minimum atomic E-state index is -1.43. The monoisotopic (exact) mass is 218 g/mol. The minimum absolute atomic E-state index is 1.06. The van der Waals surface area contributed by atoms with Crippen LogP contribution >= 0.6 is 0 Å². The van der Waals surface area contributed by atoms with Crippen LogP contribution in [0.2, 0.25) is 19.6 Å². The fourth-order valence-electron chi connectivity index (χ4n) is 1.88. The SMILES string of the molecule is C[Si](C)(C)OC1=Cc2ccccc2CC1. The quantitative estimate of drug-likeness (QED) is 0.686. The molecule has 0 N–H and O–H groups in total. The molecule has 1 aliphatic rings. The maximum atomic E-state index is 6.04. The molecule has 15 heavy (non-hydrogen) atoms. The maximum Gasteiger partial charge on any atom is 0.241 e. The molecule has 0 heterocycles. The van der Waals surface area contributed by atoms with Crippen LogP contribution in [0, 0.1) is 0 Å². The topological polar surface area (TPSA) is 9.23 Å². The average Bonchev–Trinajstić information content (AvgIpc) is 2.15. The van der Waals surface area contributed by atoms with Gasteiger partial charge in [-0.2, -0.15) is 0 Å². The van der Waals surface area contributed by atoms with Crippen LogP contribution in [-0.4, -0.2) is 8.32 Å². The van der Waals surface area contributed by atoms with E-state index >= 15 is 0 Å². The van der Waals surface area contributed by atoms with Crippen molar-refractivity contribution in [2.45, 2.75) is 32.5 Å². The second-order valence-corrected chi connectivity index (χ2v) is 9.45. The van der Waals surface area contributed by atoms with Crippen molar-refractivity contribution in [1.29, 1.82) is 0 Å². The summed E-state index contributed by atoms with van der Waals surface area (Å²) in [7, 11) is -1.43. The number of benzene rings is 1. The first kappa shape index (κ1) is 10.5. The number of fused-ring (bicyclic) bond motifs is 1. The van der Waals surface area contributed by atoms with E-state index in [0.29, 0.717) is 0 Å². The van der Waals surface area contributed by atoms with Gasteiger partial charge in [0.25, 0.3) is 0 Å². The maximum absolute atomic E-state index is 6.04. The lowest BCUT2D eigenvalue weighted by Gasteiger charge is -2.24. The Morgan fingerprint density at radius 1 is 1.07 bits per heavy atom. The van der Waals surface area contributed by atoms with Gasteiger partial charge in [-0.05, 0) is 43.3 Å². The fourth-order valence-corrected chi connectivity index (χ4v) is 2.83. The minimum Gasteiger partial charge on any atom is -0.547 e. The van der Waals surface area contributed by atoms with E-state index in [1.54, 1.807) is 0 Å². The van der Waals surface area contributed by atoms with Crippen LogP contribution in [0.15, 0.2) is 30.0 Å². The van der Waals surface area contributed by atoms with Gasteiger partial charge in [0.15, 0.2) is 0 Å². The molecule has 1 aliphatic carbocycles. The normalized spacial score (nSPS) is 15.5. The van der Waals surface area contributed by atoms with E-state index in [1.807, 2.05) is 0 Å². The third-order valence-corrected chi connectivity index (χ3v) is 3.32. The Morgan fingerprint density at radius 3 is 2.53 bits per heavy atom. The molecule has 0 amide bonds. The Bertz CT molecular complexity index is 388. The molecule has 0 saturated carbocycles. The fraction of sp³-hybridized carbons (Fsp3) is 0.385. The Morgan fingerprint density at radius 2 is 1.80 bits per heavy atom. The molecule has 0 saturated heterocycles. The molecule has 0 radical (unpaired) electrons. The molecule has 1 aromatic carbocycles. The smallest absolute Gasteiger partial charge is 0.241 e. The van der Waals surface area contributed by atoms with E-state index in [4.69, 9.17) is 4.43 Å². The summed E-state index contributed by atoms with van der Waals surface area (Å²) in [5.41, 5.74) is 2.78. The lowest BCUT2D eigenvalue weighted by molar-refractivity contribution is 0.402. The average molecular weight is 218 g/mol. The van der Waals surface area contributed by atoms with Gasteiger partial charge in [0.1, 0.15) is 0 Å². The van der Waals surface area contributed by atoms with Gasteiger partial charge in [-0.25, -0.2) is 0 Å². The van der Waals surface area contributed by atoms with Crippen molar-refractivity contribution in [3.63, 3.8) is 0 Å². The van der Waals surface area contributed by atoms with E-state index < -0.39 is 8.32 Å². The van der Waals surface area contributed by atoms with Crippen molar-refractivity contribution in [1.82, 2.24) is 0 Å². The number of aryl methyl sites for hydroxylation is 1. The van der Waals surface area contributed by atoms with Crippen LogP contribution < -0.4 is 0 Å². The third-order valence-electron chi connectivity index (χ3n) is 2.45. The highest BCUT2D eigenvalue weighted by atomic mass is 28.4. The summed E-state index contributed by atoms with van der Waals surface area (Å²) < 4.78 is 6.04. The second kappa shape index (κ2) is 3.85. The van der Waals surface area contributed by atoms with Crippen LogP contribution in [0.1, 0.15) is 17.5 Å². The summed E-state index contributed by atoms with van der Waals surface area (Å²) in [6.07, 6.45) is 4.38. The van der Waals surface area contributed by atoms with Crippen molar-refractivity contribution < 1.29 is 4.43 Å². The highest BCUT2D eigenvalue weighted by molar-refractivity contribution is 6.70. The van der Waals surface area contributed by atoms with Crippen LogP contribution in [0.3, 0.4) is 0 Å². The van der Waals surface area contributed by atoms with Gasteiger partial charge in [-0.15, -0.1) is 0 Å². The van der Waals surface area contributed by atoms with Gasteiger partial charge >= 0.3 is 0 Å². The van der Waals surface area contributed by atoms with Gasteiger partial charge in [0.2, 0.25) is 8.32 Å². The summed E-state index contributed by atoms with van der Waals surface area (Å²) in [5.74, 6) is 1.17. The highest BCUT2D eigenvalue weighted by Gasteiger charge is 2.19. The number of hydrogen-bond donors (Lipinski definition) is 0. The predicted octanol–water partition coefficient (Wildman–Crippen LogP) is 3.83. The zero-order chi connectivity index (χ0) is 10.9. The van der Waals surface area contributed by atoms with Crippen molar-refractivity contribution >= 4 is 14.4 Å². The standard InChI is InChI=1S/C13H18OSi/c1-15(2,3)14-13-9-8-11-6-4-5-7-12(11)10-13/h4-7,10H,8-9H2,1-3H3. The van der Waals surface area contributed by atoms with E-state index in [2.05, 4.69) is 50.0 Å². The molecule has 1 aromatic rings. The molecule has 0 fully saturated rings. The second-order valence-electron chi connectivity index (χ2n) is 5.02. The Balaban J connectivity index is 2.22. The lowest BCUT2D eigenvalue weighted by Crippen LogP contribution is -2.25. The molecule has 2 rings (SSSR count). The van der Waals surface area contributed by atoms with Crippen molar-refractivity contribution in [3.05, 3.63) is 41.2 Å². The molecule has 0 spiro atoms. The molecule has 0 aliphatic heterocycles. The van der Waals surface area contributed by atoms with Crippen molar-refractivity contribution in [2.24, 2.45) is 0 Å². The molecule has 0 aromatic heterocycles. The van der Waals surface area contributed by atoms with E-state index in [0.717, 1.165) is 12.8 Å². The van der Waals surface area contributed by atoms with Gasteiger partial charge in [-0.1, -0.05) is 24.3 Å².